The quantitative estimate of drug-likeness (QED) is 0.788. The Morgan fingerprint density at radius 2 is 1.93 bits per heavy atom. The van der Waals surface area contributed by atoms with Crippen LogP contribution in [-0.2, 0) is 0 Å². The summed E-state index contributed by atoms with van der Waals surface area (Å²) >= 11 is 0. The molecule has 1 aromatic carbocycles. The summed E-state index contributed by atoms with van der Waals surface area (Å²) < 4.78 is 12.6. The first-order valence-electron chi connectivity index (χ1n) is 5.06. The fourth-order valence-corrected chi connectivity index (χ4v) is 1.53. The van der Waals surface area contributed by atoms with Crippen LogP contribution in [0, 0.1) is 5.82 Å². The highest BCUT2D eigenvalue weighted by molar-refractivity contribution is 5.42. The summed E-state index contributed by atoms with van der Waals surface area (Å²) in [5, 5.41) is 3.26. The van der Waals surface area contributed by atoms with Crippen molar-refractivity contribution < 1.29 is 4.39 Å². The molecule has 1 saturated heterocycles. The van der Waals surface area contributed by atoms with Crippen molar-refractivity contribution in [3.05, 3.63) is 30.1 Å². The predicted octanol–water partition coefficient (Wildman–Crippen LogP) is 1.94. The lowest BCUT2D eigenvalue weighted by molar-refractivity contribution is 0.189. The van der Waals surface area contributed by atoms with Crippen LogP contribution in [0.25, 0.3) is 0 Å². The maximum Gasteiger partial charge on any atom is 0.123 e. The smallest absolute Gasteiger partial charge is 0.123 e. The zero-order valence-electron chi connectivity index (χ0n) is 8.17. The molecule has 0 amide bonds. The Morgan fingerprint density at radius 1 is 1.21 bits per heavy atom. The van der Waals surface area contributed by atoms with E-state index < -0.39 is 0 Å². The van der Waals surface area contributed by atoms with E-state index in [0.29, 0.717) is 0 Å². The molecule has 1 fully saturated rings. The van der Waals surface area contributed by atoms with Gasteiger partial charge in [-0.05, 0) is 43.8 Å². The molecule has 0 saturated carbocycles. The molecule has 14 heavy (non-hydrogen) atoms. The monoisotopic (exact) mass is 194 g/mol. The Morgan fingerprint density at radius 3 is 2.50 bits per heavy atom. The normalized spacial score (nSPS) is 16.4. The number of benzene rings is 1. The molecule has 0 radical (unpaired) electrons. The van der Waals surface area contributed by atoms with Crippen molar-refractivity contribution in [3.63, 3.8) is 0 Å². The largest absolute Gasteiger partial charge is 0.384 e. The molecule has 1 aromatic rings. The van der Waals surface area contributed by atoms with E-state index in [0.717, 1.165) is 18.8 Å². The van der Waals surface area contributed by atoms with Crippen molar-refractivity contribution in [1.29, 1.82) is 0 Å². The SMILES string of the molecule is Fc1ccc(NCCN2CCC2)cc1. The van der Waals surface area contributed by atoms with Crippen LogP contribution in [0.2, 0.25) is 0 Å². The molecule has 2 nitrogen and oxygen atoms in total. The molecule has 0 spiro atoms. The molecule has 1 N–H and O–H groups in total. The number of halogens is 1. The minimum atomic E-state index is -0.182. The van der Waals surface area contributed by atoms with Gasteiger partial charge in [0.05, 0.1) is 0 Å². The molecule has 0 unspecified atom stereocenters. The summed E-state index contributed by atoms with van der Waals surface area (Å²) in [6.45, 7) is 4.47. The van der Waals surface area contributed by atoms with Crippen molar-refractivity contribution in [2.45, 2.75) is 6.42 Å². The van der Waals surface area contributed by atoms with Gasteiger partial charge in [0.1, 0.15) is 5.82 Å². The molecule has 0 atom stereocenters. The van der Waals surface area contributed by atoms with Crippen LogP contribution in [0.5, 0.6) is 0 Å². The average molecular weight is 194 g/mol. The van der Waals surface area contributed by atoms with Crippen LogP contribution < -0.4 is 5.32 Å². The highest BCUT2D eigenvalue weighted by Gasteiger charge is 2.11. The fourth-order valence-electron chi connectivity index (χ4n) is 1.53. The third-order valence-corrected chi connectivity index (χ3v) is 2.55. The van der Waals surface area contributed by atoms with Crippen molar-refractivity contribution in [1.82, 2.24) is 4.90 Å². The molecule has 0 bridgehead atoms. The molecule has 2 rings (SSSR count). The van der Waals surface area contributed by atoms with Crippen LogP contribution in [0.3, 0.4) is 0 Å². The molecule has 3 heteroatoms. The van der Waals surface area contributed by atoms with Gasteiger partial charge in [-0.2, -0.15) is 0 Å². The number of nitrogens with zero attached hydrogens (tertiary/aromatic N) is 1. The van der Waals surface area contributed by atoms with Gasteiger partial charge in [-0.25, -0.2) is 4.39 Å². The van der Waals surface area contributed by atoms with E-state index in [1.807, 2.05) is 0 Å². The number of rotatable bonds is 4. The Bertz CT molecular complexity index is 280. The van der Waals surface area contributed by atoms with E-state index in [9.17, 15) is 4.39 Å². The first-order valence-corrected chi connectivity index (χ1v) is 5.06. The van der Waals surface area contributed by atoms with Gasteiger partial charge in [0.15, 0.2) is 0 Å². The van der Waals surface area contributed by atoms with E-state index >= 15 is 0 Å². The van der Waals surface area contributed by atoms with E-state index in [1.165, 1.54) is 31.6 Å². The van der Waals surface area contributed by atoms with Gasteiger partial charge in [0.2, 0.25) is 0 Å². The minimum Gasteiger partial charge on any atom is -0.384 e. The lowest BCUT2D eigenvalue weighted by atomic mass is 10.2. The summed E-state index contributed by atoms with van der Waals surface area (Å²) in [7, 11) is 0. The lowest BCUT2D eigenvalue weighted by Crippen LogP contribution is -2.40. The first kappa shape index (κ1) is 9.46. The minimum absolute atomic E-state index is 0.182. The summed E-state index contributed by atoms with van der Waals surface area (Å²) in [6, 6.07) is 6.49. The fraction of sp³-hybridized carbons (Fsp3) is 0.455. The van der Waals surface area contributed by atoms with Gasteiger partial charge in [-0.15, -0.1) is 0 Å². The van der Waals surface area contributed by atoms with Crippen molar-refractivity contribution in [3.8, 4) is 0 Å². The Balaban J connectivity index is 1.71. The zero-order valence-corrected chi connectivity index (χ0v) is 8.17. The summed E-state index contributed by atoms with van der Waals surface area (Å²) in [6.07, 6.45) is 1.33. The maximum absolute atomic E-state index is 12.6. The number of likely N-dealkylation sites (tertiary alicyclic amines) is 1. The Kier molecular flexibility index (Phi) is 2.99. The van der Waals surface area contributed by atoms with Gasteiger partial charge in [-0.3, -0.25) is 0 Å². The van der Waals surface area contributed by atoms with Crippen LogP contribution in [0.15, 0.2) is 24.3 Å². The van der Waals surface area contributed by atoms with E-state index in [-0.39, 0.29) is 5.82 Å². The number of nitrogens with one attached hydrogen (secondary N) is 1. The highest BCUT2D eigenvalue weighted by Crippen LogP contribution is 2.08. The second-order valence-corrected chi connectivity index (χ2v) is 3.63. The van der Waals surface area contributed by atoms with Crippen LogP contribution in [-0.4, -0.2) is 31.1 Å². The van der Waals surface area contributed by atoms with E-state index in [1.54, 1.807) is 12.1 Å². The highest BCUT2D eigenvalue weighted by atomic mass is 19.1. The van der Waals surface area contributed by atoms with Crippen LogP contribution in [0.4, 0.5) is 10.1 Å². The zero-order chi connectivity index (χ0) is 9.80. The third-order valence-electron chi connectivity index (χ3n) is 2.55. The van der Waals surface area contributed by atoms with Gasteiger partial charge in [-0.1, -0.05) is 0 Å². The predicted molar refractivity (Wildman–Crippen MR) is 55.9 cm³/mol. The Hall–Kier alpha value is -1.09. The molecular formula is C11H15FN2. The van der Waals surface area contributed by atoms with Gasteiger partial charge >= 0.3 is 0 Å². The summed E-state index contributed by atoms with van der Waals surface area (Å²) in [4.78, 5) is 2.40. The van der Waals surface area contributed by atoms with Crippen molar-refractivity contribution >= 4 is 5.69 Å². The average Bonchev–Trinajstić information content (AvgIpc) is 2.12. The van der Waals surface area contributed by atoms with Gasteiger partial charge in [0.25, 0.3) is 0 Å². The van der Waals surface area contributed by atoms with Gasteiger partial charge in [0, 0.05) is 18.8 Å². The standard InChI is InChI=1S/C11H15FN2/c12-10-2-4-11(5-3-10)13-6-9-14-7-1-8-14/h2-5,13H,1,6-9H2. The molecule has 1 aliphatic heterocycles. The maximum atomic E-state index is 12.6. The first-order chi connectivity index (χ1) is 6.84. The topological polar surface area (TPSA) is 15.3 Å². The number of hydrogen-bond acceptors (Lipinski definition) is 2. The Labute approximate surface area is 83.7 Å². The molecule has 0 aliphatic carbocycles. The number of hydrogen-bond donors (Lipinski definition) is 1. The lowest BCUT2D eigenvalue weighted by Gasteiger charge is -2.30. The van der Waals surface area contributed by atoms with E-state index in [4.69, 9.17) is 0 Å². The second kappa shape index (κ2) is 4.42. The van der Waals surface area contributed by atoms with E-state index in [2.05, 4.69) is 10.2 Å². The van der Waals surface area contributed by atoms with Crippen LogP contribution in [0.1, 0.15) is 6.42 Å². The van der Waals surface area contributed by atoms with Crippen molar-refractivity contribution in [2.24, 2.45) is 0 Å². The molecule has 0 aromatic heterocycles. The summed E-state index contributed by atoms with van der Waals surface area (Å²) in [5.41, 5.74) is 0.993. The summed E-state index contributed by atoms with van der Waals surface area (Å²) in [5.74, 6) is -0.182. The van der Waals surface area contributed by atoms with Crippen LogP contribution >= 0.6 is 0 Å². The molecular weight excluding hydrogens is 179 g/mol. The molecule has 76 valence electrons. The third kappa shape index (κ3) is 2.45. The number of anilines is 1. The second-order valence-electron chi connectivity index (χ2n) is 3.63. The van der Waals surface area contributed by atoms with Gasteiger partial charge < -0.3 is 10.2 Å². The van der Waals surface area contributed by atoms with Crippen molar-refractivity contribution in [2.75, 3.05) is 31.5 Å². The molecule has 1 aliphatic rings. The molecule has 1 heterocycles.